The highest BCUT2D eigenvalue weighted by Crippen LogP contribution is 2.32. The van der Waals surface area contributed by atoms with Gasteiger partial charge in [0.2, 0.25) is 5.58 Å². The van der Waals surface area contributed by atoms with E-state index in [2.05, 4.69) is 10.1 Å². The predicted molar refractivity (Wildman–Crippen MR) is 78.1 cm³/mol. The molecule has 1 aliphatic heterocycles. The number of ether oxygens (including phenoxy) is 2. The monoisotopic (exact) mass is 307 g/mol. The number of benzene rings is 1. The summed E-state index contributed by atoms with van der Waals surface area (Å²) in [6.07, 6.45) is 0. The molecule has 1 aromatic heterocycles. The third-order valence-corrected chi connectivity index (χ3v) is 3.61. The van der Waals surface area contributed by atoms with Crippen LogP contribution in [-0.2, 0) is 4.74 Å². The van der Waals surface area contributed by atoms with E-state index in [9.17, 15) is 9.90 Å². The summed E-state index contributed by atoms with van der Waals surface area (Å²) in [6.45, 7) is 4.45. The second-order valence-corrected chi connectivity index (χ2v) is 4.99. The summed E-state index contributed by atoms with van der Waals surface area (Å²) in [6, 6.07) is 3.01. The molecule has 1 aliphatic rings. The van der Waals surface area contributed by atoms with Crippen molar-refractivity contribution in [2.24, 2.45) is 0 Å². The van der Waals surface area contributed by atoms with Crippen molar-refractivity contribution in [3.05, 3.63) is 17.7 Å². The minimum atomic E-state index is -1.08. The number of aromatic nitrogens is 1. The number of aromatic carboxylic acids is 1. The Labute approximate surface area is 126 Å². The highest BCUT2D eigenvalue weighted by atomic mass is 16.5. The predicted octanol–water partition coefficient (Wildman–Crippen LogP) is 0.819. The fourth-order valence-corrected chi connectivity index (χ4v) is 2.45. The molecule has 0 unspecified atom stereocenters. The first-order valence-electron chi connectivity index (χ1n) is 7.01. The molecule has 3 rings (SSSR count). The number of morpholine rings is 1. The Morgan fingerprint density at radius 3 is 2.91 bits per heavy atom. The standard InChI is InChI=1S/C14H17N3O5/c15-13-11-9(14(18)19)1-2-10(12(11)22-16-13)21-8-5-17-3-6-20-7-4-17/h1-2H,3-8H2,(H2,15,16)(H,18,19). The Kier molecular flexibility index (Phi) is 4.12. The minimum absolute atomic E-state index is 0.0472. The molecule has 8 heteroatoms. The molecule has 1 saturated heterocycles. The van der Waals surface area contributed by atoms with Crippen molar-refractivity contribution < 1.29 is 23.9 Å². The average Bonchev–Trinajstić information content (AvgIpc) is 2.91. The van der Waals surface area contributed by atoms with E-state index in [1.807, 2.05) is 0 Å². The molecule has 8 nitrogen and oxygen atoms in total. The highest BCUT2D eigenvalue weighted by molar-refractivity contribution is 6.07. The van der Waals surface area contributed by atoms with Crippen LogP contribution in [0.15, 0.2) is 16.7 Å². The Morgan fingerprint density at radius 1 is 1.41 bits per heavy atom. The van der Waals surface area contributed by atoms with Gasteiger partial charge in [-0.25, -0.2) is 4.79 Å². The number of carbonyl (C=O) groups is 1. The van der Waals surface area contributed by atoms with Gasteiger partial charge >= 0.3 is 5.97 Å². The fraction of sp³-hybridized carbons (Fsp3) is 0.429. The number of nitrogen functional groups attached to an aromatic ring is 1. The van der Waals surface area contributed by atoms with Crippen LogP contribution in [0.4, 0.5) is 5.82 Å². The summed E-state index contributed by atoms with van der Waals surface area (Å²) in [5, 5.41) is 13.1. The van der Waals surface area contributed by atoms with Gasteiger partial charge in [0.05, 0.1) is 24.2 Å². The summed E-state index contributed by atoms with van der Waals surface area (Å²) in [4.78, 5) is 13.4. The molecule has 0 bridgehead atoms. The molecule has 0 atom stereocenters. The number of nitrogens with two attached hydrogens (primary N) is 1. The van der Waals surface area contributed by atoms with Crippen molar-refractivity contribution >= 4 is 22.8 Å². The SMILES string of the molecule is Nc1noc2c(OCCN3CCOCC3)ccc(C(=O)O)c12. The normalized spacial score (nSPS) is 16.0. The van der Waals surface area contributed by atoms with E-state index in [0.29, 0.717) is 12.4 Å². The smallest absolute Gasteiger partial charge is 0.336 e. The van der Waals surface area contributed by atoms with E-state index in [-0.39, 0.29) is 22.4 Å². The summed E-state index contributed by atoms with van der Waals surface area (Å²) >= 11 is 0. The second kappa shape index (κ2) is 6.20. The maximum absolute atomic E-state index is 11.2. The van der Waals surface area contributed by atoms with Crippen molar-refractivity contribution in [1.82, 2.24) is 10.1 Å². The molecule has 0 aliphatic carbocycles. The number of hydrogen-bond donors (Lipinski definition) is 2. The largest absolute Gasteiger partial charge is 0.488 e. The fourth-order valence-electron chi connectivity index (χ4n) is 2.45. The molecule has 2 aromatic rings. The van der Waals surface area contributed by atoms with Gasteiger partial charge in [0.25, 0.3) is 0 Å². The molecule has 22 heavy (non-hydrogen) atoms. The van der Waals surface area contributed by atoms with E-state index in [1.54, 1.807) is 6.07 Å². The lowest BCUT2D eigenvalue weighted by atomic mass is 10.1. The number of anilines is 1. The maximum atomic E-state index is 11.2. The van der Waals surface area contributed by atoms with Crippen LogP contribution in [-0.4, -0.2) is 60.6 Å². The zero-order valence-electron chi connectivity index (χ0n) is 11.9. The molecule has 3 N–H and O–H groups in total. The van der Waals surface area contributed by atoms with Crippen molar-refractivity contribution in [3.63, 3.8) is 0 Å². The van der Waals surface area contributed by atoms with Gasteiger partial charge in [0.15, 0.2) is 11.6 Å². The molecule has 118 valence electrons. The first kappa shape index (κ1) is 14.6. The van der Waals surface area contributed by atoms with Crippen molar-refractivity contribution in [3.8, 4) is 5.75 Å². The summed E-state index contributed by atoms with van der Waals surface area (Å²) in [5.41, 5.74) is 6.00. The third-order valence-electron chi connectivity index (χ3n) is 3.61. The molecule has 0 spiro atoms. The Morgan fingerprint density at radius 2 is 2.18 bits per heavy atom. The van der Waals surface area contributed by atoms with E-state index in [0.717, 1.165) is 32.8 Å². The molecule has 2 heterocycles. The van der Waals surface area contributed by atoms with Crippen molar-refractivity contribution in [2.75, 3.05) is 45.2 Å². The van der Waals surface area contributed by atoms with Gasteiger partial charge in [-0.1, -0.05) is 5.16 Å². The Hall–Kier alpha value is -2.32. The highest BCUT2D eigenvalue weighted by Gasteiger charge is 2.19. The van der Waals surface area contributed by atoms with Crippen LogP contribution >= 0.6 is 0 Å². The molecule has 1 aromatic carbocycles. The lowest BCUT2D eigenvalue weighted by Gasteiger charge is -2.26. The van der Waals surface area contributed by atoms with Gasteiger partial charge in [-0.3, -0.25) is 4.90 Å². The lowest BCUT2D eigenvalue weighted by Crippen LogP contribution is -2.38. The van der Waals surface area contributed by atoms with Gasteiger partial charge < -0.3 is 24.8 Å². The summed E-state index contributed by atoms with van der Waals surface area (Å²) < 4.78 is 16.1. The third kappa shape index (κ3) is 2.83. The molecule has 1 fully saturated rings. The molecule has 0 amide bonds. The number of nitrogens with zero attached hydrogens (tertiary/aromatic N) is 2. The van der Waals surface area contributed by atoms with Crippen molar-refractivity contribution in [1.29, 1.82) is 0 Å². The van der Waals surface area contributed by atoms with Gasteiger partial charge in [0.1, 0.15) is 6.61 Å². The number of rotatable bonds is 5. The van der Waals surface area contributed by atoms with E-state index in [4.69, 9.17) is 19.7 Å². The first-order valence-corrected chi connectivity index (χ1v) is 7.01. The van der Waals surface area contributed by atoms with Crippen molar-refractivity contribution in [2.45, 2.75) is 0 Å². The maximum Gasteiger partial charge on any atom is 0.336 e. The molecular weight excluding hydrogens is 290 g/mol. The summed E-state index contributed by atoms with van der Waals surface area (Å²) in [5.74, 6) is -0.594. The van der Waals surface area contributed by atoms with Crippen LogP contribution in [0.3, 0.4) is 0 Å². The van der Waals surface area contributed by atoms with Crippen LogP contribution in [0.2, 0.25) is 0 Å². The average molecular weight is 307 g/mol. The van der Waals surface area contributed by atoms with Crippen LogP contribution in [0.1, 0.15) is 10.4 Å². The second-order valence-electron chi connectivity index (χ2n) is 4.99. The Balaban J connectivity index is 1.74. The van der Waals surface area contributed by atoms with Crippen LogP contribution in [0.25, 0.3) is 11.0 Å². The van der Waals surface area contributed by atoms with Crippen LogP contribution < -0.4 is 10.5 Å². The van der Waals surface area contributed by atoms with Gasteiger partial charge in [0, 0.05) is 19.6 Å². The number of fused-ring (bicyclic) bond motifs is 1. The van der Waals surface area contributed by atoms with E-state index >= 15 is 0 Å². The molecule has 0 saturated carbocycles. The minimum Gasteiger partial charge on any atom is -0.488 e. The zero-order chi connectivity index (χ0) is 15.5. The lowest BCUT2D eigenvalue weighted by molar-refractivity contribution is 0.0322. The quantitative estimate of drug-likeness (QED) is 0.835. The van der Waals surface area contributed by atoms with Crippen LogP contribution in [0.5, 0.6) is 5.75 Å². The van der Waals surface area contributed by atoms with E-state index < -0.39 is 5.97 Å². The molecular formula is C14H17N3O5. The van der Waals surface area contributed by atoms with E-state index in [1.165, 1.54) is 6.07 Å². The summed E-state index contributed by atoms with van der Waals surface area (Å²) in [7, 11) is 0. The van der Waals surface area contributed by atoms with Gasteiger partial charge in [-0.05, 0) is 12.1 Å². The topological polar surface area (TPSA) is 111 Å². The van der Waals surface area contributed by atoms with Gasteiger partial charge in [-0.2, -0.15) is 0 Å². The molecule has 0 radical (unpaired) electrons. The van der Waals surface area contributed by atoms with Gasteiger partial charge in [-0.15, -0.1) is 0 Å². The Bertz CT molecular complexity index is 678. The number of hydrogen-bond acceptors (Lipinski definition) is 7. The first-order chi connectivity index (χ1) is 10.7. The zero-order valence-corrected chi connectivity index (χ0v) is 11.9. The van der Waals surface area contributed by atoms with Crippen LogP contribution in [0, 0.1) is 0 Å². The number of carboxylic acid groups (broad SMARTS) is 1. The number of carboxylic acids is 1.